The lowest BCUT2D eigenvalue weighted by molar-refractivity contribution is -0.139. The zero-order chi connectivity index (χ0) is 29.4. The number of hydrogen-bond donors (Lipinski definition) is 1. The molecule has 0 aliphatic heterocycles. The predicted molar refractivity (Wildman–Crippen MR) is 153 cm³/mol. The average molecular weight is 590 g/mol. The van der Waals surface area contributed by atoms with Gasteiger partial charge in [-0.05, 0) is 68.3 Å². The molecule has 0 saturated heterocycles. The van der Waals surface area contributed by atoms with E-state index in [1.807, 2.05) is 13.8 Å². The van der Waals surface area contributed by atoms with Crippen molar-refractivity contribution in [3.8, 4) is 5.75 Å². The molecule has 0 aliphatic carbocycles. The van der Waals surface area contributed by atoms with Crippen LogP contribution in [0.25, 0.3) is 0 Å². The van der Waals surface area contributed by atoms with E-state index in [1.54, 1.807) is 31.2 Å². The largest absolute Gasteiger partial charge is 0.495 e. The molecular weight excluding hydrogens is 557 g/mol. The number of rotatable bonds is 12. The second-order valence-corrected chi connectivity index (χ2v) is 11.6. The summed E-state index contributed by atoms with van der Waals surface area (Å²) in [7, 11) is -2.90. The Morgan fingerprint density at radius 3 is 2.27 bits per heavy atom. The Labute approximate surface area is 239 Å². The van der Waals surface area contributed by atoms with E-state index in [-0.39, 0.29) is 33.9 Å². The zero-order valence-corrected chi connectivity index (χ0v) is 24.4. The maximum atomic E-state index is 14.0. The number of sulfonamides is 1. The molecule has 0 aliphatic rings. The van der Waals surface area contributed by atoms with Crippen LogP contribution in [0, 0.1) is 5.82 Å². The lowest BCUT2D eigenvalue weighted by atomic mass is 10.1. The molecule has 0 heterocycles. The summed E-state index contributed by atoms with van der Waals surface area (Å²) in [6.07, 6.45) is 0.683. The first-order valence-electron chi connectivity index (χ1n) is 12.7. The van der Waals surface area contributed by atoms with E-state index in [0.29, 0.717) is 12.0 Å². The molecule has 0 saturated carbocycles. The van der Waals surface area contributed by atoms with Crippen LogP contribution in [-0.2, 0) is 26.2 Å². The van der Waals surface area contributed by atoms with E-state index < -0.39 is 40.2 Å². The molecule has 40 heavy (non-hydrogen) atoms. The summed E-state index contributed by atoms with van der Waals surface area (Å²) in [5.74, 6) is -1.32. The standard InChI is InChI=1S/C29H33ClFN3O5S/c1-5-20(2)32-29(36)21(3)33(18-22-11-14-24(31)15-12-22)28(35)19-34(26-17-23(30)13-16-27(26)39-4)40(37,38)25-9-7-6-8-10-25/h6-17,20-21H,5,18-19H2,1-4H3,(H,32,36)/t20-,21+/m0/s1. The molecule has 0 unspecified atom stereocenters. The average Bonchev–Trinajstić information content (AvgIpc) is 2.95. The summed E-state index contributed by atoms with van der Waals surface area (Å²) in [6, 6.07) is 16.5. The second kappa shape index (κ2) is 13.6. The molecule has 2 amide bonds. The quantitative estimate of drug-likeness (QED) is 0.320. The number of amides is 2. The van der Waals surface area contributed by atoms with Crippen LogP contribution in [0.1, 0.15) is 32.8 Å². The van der Waals surface area contributed by atoms with Gasteiger partial charge in [0.15, 0.2) is 0 Å². The molecule has 0 aromatic heterocycles. The number of anilines is 1. The Morgan fingerprint density at radius 2 is 1.68 bits per heavy atom. The number of carbonyl (C=O) groups excluding carboxylic acids is 2. The Balaban J connectivity index is 2.08. The van der Waals surface area contributed by atoms with Crippen molar-refractivity contribution in [1.29, 1.82) is 0 Å². The van der Waals surface area contributed by atoms with Crippen molar-refractivity contribution in [2.75, 3.05) is 18.0 Å². The number of nitrogens with zero attached hydrogens (tertiary/aromatic N) is 2. The molecule has 11 heteroatoms. The topological polar surface area (TPSA) is 96.0 Å². The fraction of sp³-hybridized carbons (Fsp3) is 0.310. The maximum Gasteiger partial charge on any atom is 0.264 e. The predicted octanol–water partition coefficient (Wildman–Crippen LogP) is 5.02. The Kier molecular flexibility index (Phi) is 10.5. The molecule has 3 aromatic rings. The molecule has 8 nitrogen and oxygen atoms in total. The molecular formula is C29H33ClFN3O5S. The van der Waals surface area contributed by atoms with Gasteiger partial charge < -0.3 is 15.0 Å². The van der Waals surface area contributed by atoms with Gasteiger partial charge in [-0.15, -0.1) is 0 Å². The van der Waals surface area contributed by atoms with Crippen molar-refractivity contribution in [1.82, 2.24) is 10.2 Å². The van der Waals surface area contributed by atoms with Crippen LogP contribution in [0.4, 0.5) is 10.1 Å². The van der Waals surface area contributed by atoms with Gasteiger partial charge in [0.2, 0.25) is 11.8 Å². The van der Waals surface area contributed by atoms with Crippen LogP contribution < -0.4 is 14.4 Å². The molecule has 3 rings (SSSR count). The van der Waals surface area contributed by atoms with E-state index in [1.165, 1.54) is 60.5 Å². The van der Waals surface area contributed by atoms with Crippen LogP contribution in [0.2, 0.25) is 5.02 Å². The van der Waals surface area contributed by atoms with Gasteiger partial charge in [0.05, 0.1) is 17.7 Å². The highest BCUT2D eigenvalue weighted by Crippen LogP contribution is 2.35. The van der Waals surface area contributed by atoms with Gasteiger partial charge in [0.1, 0.15) is 24.2 Å². The SMILES string of the molecule is CC[C@H](C)NC(=O)[C@@H](C)N(Cc1ccc(F)cc1)C(=O)CN(c1cc(Cl)ccc1OC)S(=O)(=O)c1ccccc1. The highest BCUT2D eigenvalue weighted by Gasteiger charge is 2.34. The van der Waals surface area contributed by atoms with Gasteiger partial charge >= 0.3 is 0 Å². The highest BCUT2D eigenvalue weighted by molar-refractivity contribution is 7.92. The van der Waals surface area contributed by atoms with E-state index in [0.717, 1.165) is 4.31 Å². The van der Waals surface area contributed by atoms with Gasteiger partial charge in [0, 0.05) is 17.6 Å². The van der Waals surface area contributed by atoms with Gasteiger partial charge in [-0.2, -0.15) is 0 Å². The number of carbonyl (C=O) groups is 2. The Hall–Kier alpha value is -3.63. The molecule has 3 aromatic carbocycles. The Morgan fingerprint density at radius 1 is 1.02 bits per heavy atom. The first-order chi connectivity index (χ1) is 19.0. The third-order valence-electron chi connectivity index (χ3n) is 6.45. The summed E-state index contributed by atoms with van der Waals surface area (Å²) in [4.78, 5) is 28.3. The molecule has 2 atom stereocenters. The maximum absolute atomic E-state index is 14.0. The van der Waals surface area contributed by atoms with Crippen LogP contribution in [0.3, 0.4) is 0 Å². The fourth-order valence-corrected chi connectivity index (χ4v) is 5.53. The van der Waals surface area contributed by atoms with Crippen molar-refractivity contribution in [2.45, 2.75) is 50.7 Å². The van der Waals surface area contributed by atoms with Gasteiger partial charge in [0.25, 0.3) is 10.0 Å². The van der Waals surface area contributed by atoms with Crippen molar-refractivity contribution in [3.05, 3.63) is 89.2 Å². The molecule has 0 radical (unpaired) electrons. The highest BCUT2D eigenvalue weighted by atomic mass is 35.5. The normalized spacial score (nSPS) is 12.8. The van der Waals surface area contributed by atoms with Gasteiger partial charge in [-0.3, -0.25) is 13.9 Å². The van der Waals surface area contributed by atoms with Crippen molar-refractivity contribution in [2.24, 2.45) is 0 Å². The van der Waals surface area contributed by atoms with E-state index in [2.05, 4.69) is 5.32 Å². The van der Waals surface area contributed by atoms with Gasteiger partial charge in [-0.1, -0.05) is 48.9 Å². The first kappa shape index (κ1) is 30.9. The van der Waals surface area contributed by atoms with E-state index >= 15 is 0 Å². The molecule has 0 bridgehead atoms. The summed E-state index contributed by atoms with van der Waals surface area (Å²) in [6.45, 7) is 4.61. The minimum Gasteiger partial charge on any atom is -0.495 e. The van der Waals surface area contributed by atoms with Gasteiger partial charge in [-0.25, -0.2) is 12.8 Å². The monoisotopic (exact) mass is 589 g/mol. The van der Waals surface area contributed by atoms with E-state index in [4.69, 9.17) is 16.3 Å². The lowest BCUT2D eigenvalue weighted by Gasteiger charge is -2.32. The summed E-state index contributed by atoms with van der Waals surface area (Å²) in [5, 5.41) is 3.10. The molecule has 214 valence electrons. The third-order valence-corrected chi connectivity index (χ3v) is 8.46. The number of benzene rings is 3. The van der Waals surface area contributed by atoms with Crippen molar-refractivity contribution >= 4 is 39.1 Å². The Bertz CT molecular complexity index is 1420. The van der Waals surface area contributed by atoms with Crippen LogP contribution in [0.15, 0.2) is 77.7 Å². The van der Waals surface area contributed by atoms with Crippen molar-refractivity contribution < 1.29 is 27.1 Å². The fourth-order valence-electron chi connectivity index (χ4n) is 3.93. The summed E-state index contributed by atoms with van der Waals surface area (Å²) < 4.78 is 47.7. The smallest absolute Gasteiger partial charge is 0.264 e. The van der Waals surface area contributed by atoms with Crippen LogP contribution in [0.5, 0.6) is 5.75 Å². The number of ether oxygens (including phenoxy) is 1. The number of hydrogen-bond acceptors (Lipinski definition) is 5. The molecule has 0 spiro atoms. The third kappa shape index (κ3) is 7.51. The number of methoxy groups -OCH3 is 1. The lowest BCUT2D eigenvalue weighted by Crippen LogP contribution is -2.52. The van der Waals surface area contributed by atoms with Crippen LogP contribution >= 0.6 is 11.6 Å². The van der Waals surface area contributed by atoms with Crippen molar-refractivity contribution in [3.63, 3.8) is 0 Å². The minimum absolute atomic E-state index is 0.0440. The number of nitrogens with one attached hydrogen (secondary N) is 1. The minimum atomic E-state index is -4.28. The summed E-state index contributed by atoms with van der Waals surface area (Å²) >= 11 is 6.23. The van der Waals surface area contributed by atoms with E-state index in [9.17, 15) is 22.4 Å². The summed E-state index contributed by atoms with van der Waals surface area (Å²) in [5.41, 5.74) is 0.626. The van der Waals surface area contributed by atoms with Crippen LogP contribution in [-0.4, -0.2) is 50.9 Å². The second-order valence-electron chi connectivity index (χ2n) is 9.28. The first-order valence-corrected chi connectivity index (χ1v) is 14.5. The number of halogens is 2. The zero-order valence-electron chi connectivity index (χ0n) is 22.8. The molecule has 0 fully saturated rings. The molecule has 1 N–H and O–H groups in total.